The van der Waals surface area contributed by atoms with Crippen LogP contribution in [0.2, 0.25) is 0 Å². The average molecular weight is 604 g/mol. The average Bonchev–Trinajstić information content (AvgIpc) is 3.70. The number of ketones is 1. The van der Waals surface area contributed by atoms with Crippen LogP contribution in [0.5, 0.6) is 0 Å². The lowest BCUT2D eigenvalue weighted by molar-refractivity contribution is -0.137. The molecule has 1 aliphatic carbocycles. The van der Waals surface area contributed by atoms with Crippen molar-refractivity contribution in [3.8, 4) is 0 Å². The van der Waals surface area contributed by atoms with Crippen LogP contribution in [0.3, 0.4) is 0 Å². The maximum Gasteiger partial charge on any atom is 0.409 e. The second kappa shape index (κ2) is 14.9. The van der Waals surface area contributed by atoms with Gasteiger partial charge in [0.1, 0.15) is 29.3 Å². The Morgan fingerprint density at radius 1 is 1.14 bits per heavy atom. The highest BCUT2D eigenvalue weighted by Crippen LogP contribution is 2.32. The molecule has 3 fully saturated rings. The normalized spacial score (nSPS) is 25.9. The Kier molecular flexibility index (Phi) is 11.3. The molecule has 0 aromatic carbocycles. The Balaban J connectivity index is 0.00000207. The van der Waals surface area contributed by atoms with Gasteiger partial charge in [-0.2, -0.15) is 0 Å². The lowest BCUT2D eigenvalue weighted by Gasteiger charge is -2.31. The molecule has 238 valence electrons. The van der Waals surface area contributed by atoms with Crippen molar-refractivity contribution in [2.45, 2.75) is 96.7 Å². The molecule has 2 aliphatic heterocycles. The summed E-state index contributed by atoms with van der Waals surface area (Å²) in [5.74, 6) is 1.09. The maximum absolute atomic E-state index is 12.4. The van der Waals surface area contributed by atoms with Crippen molar-refractivity contribution in [3.05, 3.63) is 12.2 Å². The number of aliphatic hydroxyl groups is 2. The fourth-order valence-electron chi connectivity index (χ4n) is 5.93. The van der Waals surface area contributed by atoms with Gasteiger partial charge in [-0.25, -0.2) is 19.7 Å². The Labute approximate surface area is 251 Å². The van der Waals surface area contributed by atoms with Gasteiger partial charge in [-0.05, 0) is 44.9 Å². The number of fused-ring (bicyclic) bond motifs is 1. The van der Waals surface area contributed by atoms with Crippen molar-refractivity contribution in [1.82, 2.24) is 29.7 Å². The minimum absolute atomic E-state index is 0.157. The number of likely N-dealkylation sites (tertiary alicyclic amines) is 1. The summed E-state index contributed by atoms with van der Waals surface area (Å²) in [4.78, 5) is 51.1. The monoisotopic (exact) mass is 603 g/mol. The molecule has 1 saturated carbocycles. The van der Waals surface area contributed by atoms with Crippen LogP contribution in [-0.4, -0.2) is 97.0 Å². The number of anilines is 1. The van der Waals surface area contributed by atoms with Crippen LogP contribution in [0.25, 0.3) is 11.2 Å². The maximum atomic E-state index is 12.4. The van der Waals surface area contributed by atoms with Crippen molar-refractivity contribution in [1.29, 1.82) is 0 Å². The van der Waals surface area contributed by atoms with E-state index in [9.17, 15) is 24.6 Å². The number of aromatic nitrogens is 4. The van der Waals surface area contributed by atoms with Gasteiger partial charge in [0.05, 0.1) is 12.9 Å². The zero-order chi connectivity index (χ0) is 31.1. The van der Waals surface area contributed by atoms with E-state index < -0.39 is 30.4 Å². The molecule has 2 aromatic heterocycles. The first-order valence-electron chi connectivity index (χ1n) is 15.5. The molecule has 5 rings (SSSR count). The number of hydrogen-bond acceptors (Lipinski definition) is 11. The van der Waals surface area contributed by atoms with E-state index in [1.165, 1.54) is 10.9 Å². The number of aliphatic hydroxyl groups excluding tert-OH is 2. The van der Waals surface area contributed by atoms with Gasteiger partial charge in [0.25, 0.3) is 5.91 Å². The summed E-state index contributed by atoms with van der Waals surface area (Å²) in [6.45, 7) is 7.73. The number of imidazole rings is 1. The highest BCUT2D eigenvalue weighted by Gasteiger charge is 2.47. The zero-order valence-electron chi connectivity index (χ0n) is 25.3. The molecule has 2 saturated heterocycles. The summed E-state index contributed by atoms with van der Waals surface area (Å²) in [6, 6.07) is 0. The minimum Gasteiger partial charge on any atom is -0.449 e. The molecule has 2 unspecified atom stereocenters. The van der Waals surface area contributed by atoms with E-state index in [0.717, 1.165) is 32.1 Å². The molecular weight excluding hydrogens is 558 g/mol. The third-order valence-electron chi connectivity index (χ3n) is 8.29. The van der Waals surface area contributed by atoms with Gasteiger partial charge >= 0.3 is 6.09 Å². The van der Waals surface area contributed by atoms with Gasteiger partial charge in [-0.15, -0.1) is 0 Å². The van der Waals surface area contributed by atoms with E-state index in [-0.39, 0.29) is 23.6 Å². The van der Waals surface area contributed by atoms with Gasteiger partial charge < -0.3 is 35.6 Å². The van der Waals surface area contributed by atoms with E-state index in [1.54, 1.807) is 11.8 Å². The summed E-state index contributed by atoms with van der Waals surface area (Å²) >= 11 is 0. The van der Waals surface area contributed by atoms with E-state index >= 15 is 0 Å². The number of nitrogen functional groups attached to an aromatic ring is 1. The largest absolute Gasteiger partial charge is 0.449 e. The van der Waals surface area contributed by atoms with Crippen molar-refractivity contribution < 1.29 is 34.1 Å². The number of nitrogens with zero attached hydrogens (tertiary/aromatic N) is 5. The van der Waals surface area contributed by atoms with Gasteiger partial charge in [0.15, 0.2) is 23.8 Å². The number of ether oxygens (including phenoxy) is 2. The third kappa shape index (κ3) is 7.60. The Bertz CT molecular complexity index is 1260. The van der Waals surface area contributed by atoms with E-state index in [2.05, 4.69) is 20.3 Å². The predicted octanol–water partition coefficient (Wildman–Crippen LogP) is 1.73. The van der Waals surface area contributed by atoms with Gasteiger partial charge in [-0.3, -0.25) is 14.2 Å². The van der Waals surface area contributed by atoms with Crippen LogP contribution in [0.4, 0.5) is 10.6 Å². The first-order chi connectivity index (χ1) is 20.7. The number of piperidine rings is 1. The standard InChI is InChI=1S/C27H39N7O7.C2H6/c1-2-29-25(38)22-20(36)21(37)26(41-22)34-14-30-19-23(28)31-18(32-24(19)34)5-3-4-15-8-10-33(11-9-15)27(39)40-13-16-6-7-17(35)12-16;1-2/h14-16,20-22,26,36-37H,2-13H2,1H3,(H,29,38)(H2,28,31,32);1-2H3/t16?,20-,21?,22+,26-;/m1./s1. The lowest BCUT2D eigenvalue weighted by Crippen LogP contribution is -2.42. The summed E-state index contributed by atoms with van der Waals surface area (Å²) in [6.07, 6.45) is 2.07. The molecule has 43 heavy (non-hydrogen) atoms. The summed E-state index contributed by atoms with van der Waals surface area (Å²) in [5.41, 5.74) is 6.87. The van der Waals surface area contributed by atoms with E-state index in [0.29, 0.717) is 68.4 Å². The summed E-state index contributed by atoms with van der Waals surface area (Å²) in [5, 5.41) is 23.6. The molecule has 2 aromatic rings. The minimum atomic E-state index is -1.41. The number of aryl methyl sites for hydroxylation is 1. The topological polar surface area (TPSA) is 195 Å². The van der Waals surface area contributed by atoms with Crippen molar-refractivity contribution >= 4 is 34.8 Å². The molecule has 2 amide bonds. The Hall–Kier alpha value is -3.36. The number of carbonyl (C=O) groups excluding carboxylic acids is 3. The molecular formula is C29H45N7O7. The molecule has 14 nitrogen and oxygen atoms in total. The number of rotatable bonds is 9. The number of likely N-dealkylation sites (N-methyl/N-ethyl adjacent to an activating group) is 1. The van der Waals surface area contributed by atoms with Crippen molar-refractivity contribution in [2.75, 3.05) is 32.0 Å². The zero-order valence-corrected chi connectivity index (χ0v) is 25.3. The predicted molar refractivity (Wildman–Crippen MR) is 157 cm³/mol. The van der Waals surface area contributed by atoms with Crippen molar-refractivity contribution in [3.63, 3.8) is 0 Å². The number of nitrogens with two attached hydrogens (primary N) is 1. The van der Waals surface area contributed by atoms with Crippen LogP contribution in [-0.2, 0) is 25.5 Å². The molecule has 5 atom stereocenters. The molecule has 4 heterocycles. The van der Waals surface area contributed by atoms with Crippen LogP contribution in [0, 0.1) is 11.8 Å². The highest BCUT2D eigenvalue weighted by molar-refractivity contribution is 5.83. The number of amides is 2. The first-order valence-corrected chi connectivity index (χ1v) is 15.5. The quantitative estimate of drug-likeness (QED) is 0.326. The van der Waals surface area contributed by atoms with Crippen LogP contribution in [0.15, 0.2) is 6.33 Å². The first kappa shape index (κ1) is 32.6. The molecule has 0 spiro atoms. The number of nitrogens with one attached hydrogen (secondary N) is 1. The molecule has 3 aliphatic rings. The highest BCUT2D eigenvalue weighted by atomic mass is 16.6. The number of carbonyl (C=O) groups is 3. The lowest BCUT2D eigenvalue weighted by atomic mass is 9.91. The molecule has 5 N–H and O–H groups in total. The summed E-state index contributed by atoms with van der Waals surface area (Å²) < 4.78 is 12.7. The SMILES string of the molecule is CC.CCNC(=O)[C@H]1O[C@@H](n2cnc3c(N)nc(CCCC4CCN(C(=O)OCC5CCC(=O)C5)CC4)nc32)C(O)[C@H]1O. The Morgan fingerprint density at radius 2 is 1.88 bits per heavy atom. The third-order valence-corrected chi connectivity index (χ3v) is 8.29. The van der Waals surface area contributed by atoms with Gasteiger partial charge in [0.2, 0.25) is 0 Å². The van der Waals surface area contributed by atoms with Gasteiger partial charge in [-0.1, -0.05) is 13.8 Å². The van der Waals surface area contributed by atoms with E-state index in [4.69, 9.17) is 15.2 Å². The molecule has 14 heteroatoms. The van der Waals surface area contributed by atoms with Gasteiger partial charge in [0, 0.05) is 44.8 Å². The fourth-order valence-corrected chi connectivity index (χ4v) is 5.93. The second-order valence-electron chi connectivity index (χ2n) is 11.2. The molecule has 0 radical (unpaired) electrons. The second-order valence-corrected chi connectivity index (χ2v) is 11.2. The van der Waals surface area contributed by atoms with Crippen LogP contribution < -0.4 is 11.1 Å². The molecule has 0 bridgehead atoms. The number of Topliss-reactive ketones (excluding diaryl/α,β-unsaturated/α-hetero) is 1. The van der Waals surface area contributed by atoms with Crippen LogP contribution >= 0.6 is 0 Å². The summed E-state index contributed by atoms with van der Waals surface area (Å²) in [7, 11) is 0. The number of hydrogen-bond donors (Lipinski definition) is 4. The van der Waals surface area contributed by atoms with Crippen molar-refractivity contribution in [2.24, 2.45) is 11.8 Å². The fraction of sp³-hybridized carbons (Fsp3) is 0.724. The Morgan fingerprint density at radius 3 is 2.56 bits per heavy atom. The smallest absolute Gasteiger partial charge is 0.409 e. The van der Waals surface area contributed by atoms with Crippen LogP contribution in [0.1, 0.15) is 77.8 Å². The van der Waals surface area contributed by atoms with E-state index in [1.807, 2.05) is 13.8 Å².